The van der Waals surface area contributed by atoms with Gasteiger partial charge in [-0.1, -0.05) is 25.0 Å². The van der Waals surface area contributed by atoms with Gasteiger partial charge in [-0.3, -0.25) is 4.79 Å². The molecule has 5 nitrogen and oxygen atoms in total. The third-order valence-corrected chi connectivity index (χ3v) is 4.82. The predicted octanol–water partition coefficient (Wildman–Crippen LogP) is 2.87. The Balaban J connectivity index is 0.00000288. The van der Waals surface area contributed by atoms with Crippen molar-refractivity contribution in [3.05, 3.63) is 12.2 Å². The zero-order chi connectivity index (χ0) is 16.7. The molecule has 0 bridgehead atoms. The van der Waals surface area contributed by atoms with Gasteiger partial charge in [-0.05, 0) is 38.0 Å². The Morgan fingerprint density at radius 2 is 1.88 bits per heavy atom. The molecular formula is C18H33IN4O. The van der Waals surface area contributed by atoms with Crippen LogP contribution < -0.4 is 5.32 Å². The van der Waals surface area contributed by atoms with E-state index < -0.39 is 0 Å². The van der Waals surface area contributed by atoms with Crippen LogP contribution in [0.3, 0.4) is 0 Å². The highest BCUT2D eigenvalue weighted by molar-refractivity contribution is 14.0. The topological polar surface area (TPSA) is 47.9 Å². The molecule has 1 saturated carbocycles. The quantitative estimate of drug-likeness (QED) is 0.305. The number of nitrogens with zero attached hydrogens (tertiary/aromatic N) is 3. The zero-order valence-corrected chi connectivity index (χ0v) is 17.7. The minimum atomic E-state index is 0. The van der Waals surface area contributed by atoms with E-state index in [9.17, 15) is 4.79 Å². The number of halogens is 1. The first-order valence-corrected chi connectivity index (χ1v) is 8.93. The van der Waals surface area contributed by atoms with Crippen molar-refractivity contribution in [2.24, 2.45) is 10.9 Å². The van der Waals surface area contributed by atoms with Crippen LogP contribution in [0.5, 0.6) is 0 Å². The van der Waals surface area contributed by atoms with E-state index in [1.165, 1.54) is 38.5 Å². The maximum Gasteiger partial charge on any atom is 0.243 e. The number of allylic oxidation sites excluding steroid dienone is 2. The molecular weight excluding hydrogens is 415 g/mol. The largest absolute Gasteiger partial charge is 0.354 e. The molecule has 0 radical (unpaired) electrons. The molecule has 0 saturated heterocycles. The first kappa shape index (κ1) is 21.3. The number of hydrogen-bond acceptors (Lipinski definition) is 2. The first-order chi connectivity index (χ1) is 11.1. The molecule has 2 aliphatic rings. The molecule has 0 aromatic heterocycles. The van der Waals surface area contributed by atoms with E-state index in [1.807, 2.05) is 0 Å². The van der Waals surface area contributed by atoms with E-state index in [0.29, 0.717) is 12.0 Å². The maximum atomic E-state index is 11.9. The van der Waals surface area contributed by atoms with Gasteiger partial charge in [0.1, 0.15) is 6.54 Å². The van der Waals surface area contributed by atoms with Gasteiger partial charge in [0.05, 0.1) is 0 Å². The van der Waals surface area contributed by atoms with Gasteiger partial charge < -0.3 is 15.1 Å². The highest BCUT2D eigenvalue weighted by atomic mass is 127. The number of aliphatic imine (C=N–C) groups is 1. The summed E-state index contributed by atoms with van der Waals surface area (Å²) in [5, 5.41) is 3.59. The van der Waals surface area contributed by atoms with Crippen molar-refractivity contribution in [2.75, 3.05) is 34.2 Å². The fourth-order valence-corrected chi connectivity index (χ4v) is 3.31. The Morgan fingerprint density at radius 1 is 1.17 bits per heavy atom. The lowest BCUT2D eigenvalue weighted by molar-refractivity contribution is -0.127. The van der Waals surface area contributed by atoms with Crippen LogP contribution in [-0.2, 0) is 4.79 Å². The minimum Gasteiger partial charge on any atom is -0.354 e. The van der Waals surface area contributed by atoms with E-state index in [4.69, 9.17) is 0 Å². The Morgan fingerprint density at radius 3 is 2.46 bits per heavy atom. The van der Waals surface area contributed by atoms with Crippen LogP contribution in [0.25, 0.3) is 0 Å². The summed E-state index contributed by atoms with van der Waals surface area (Å²) in [4.78, 5) is 20.3. The summed E-state index contributed by atoms with van der Waals surface area (Å²) in [6, 6.07) is 0.511. The molecule has 0 aromatic rings. The Bertz CT molecular complexity index is 444. The van der Waals surface area contributed by atoms with Gasteiger partial charge >= 0.3 is 0 Å². The summed E-state index contributed by atoms with van der Waals surface area (Å²) in [7, 11) is 5.65. The van der Waals surface area contributed by atoms with Crippen LogP contribution in [0.4, 0.5) is 0 Å². The minimum absolute atomic E-state index is 0. The van der Waals surface area contributed by atoms with E-state index >= 15 is 0 Å². The number of nitrogens with one attached hydrogen (secondary N) is 1. The zero-order valence-electron chi connectivity index (χ0n) is 15.3. The van der Waals surface area contributed by atoms with Crippen molar-refractivity contribution in [1.29, 1.82) is 0 Å². The number of carbonyl (C=O) groups excluding carboxylic acids is 1. The molecule has 1 atom stereocenters. The summed E-state index contributed by atoms with van der Waals surface area (Å²) in [6.45, 7) is 1.22. The highest BCUT2D eigenvalue weighted by Gasteiger charge is 2.20. The smallest absolute Gasteiger partial charge is 0.243 e. The summed E-state index contributed by atoms with van der Waals surface area (Å²) < 4.78 is 0. The number of likely N-dealkylation sites (N-methyl/N-ethyl adjacent to an activating group) is 1. The fraction of sp³-hybridized carbons (Fsp3) is 0.778. The standard InChI is InChI=1S/C18H32N4O.HI/c1-21(2)17(23)13-19-18(20-16-11-7-8-12-16)22(3)14-15-9-5-4-6-10-15;/h4-5,15-16H,6-14H2,1-3H3,(H,19,20);1H. The van der Waals surface area contributed by atoms with E-state index in [0.717, 1.165) is 18.9 Å². The number of hydrogen-bond donors (Lipinski definition) is 1. The average molecular weight is 448 g/mol. The first-order valence-electron chi connectivity index (χ1n) is 8.93. The van der Waals surface area contributed by atoms with Crippen molar-refractivity contribution in [1.82, 2.24) is 15.1 Å². The third-order valence-electron chi connectivity index (χ3n) is 4.82. The van der Waals surface area contributed by atoms with E-state index in [1.54, 1.807) is 19.0 Å². The molecule has 138 valence electrons. The molecule has 1 fully saturated rings. The summed E-state index contributed by atoms with van der Waals surface area (Å²) in [5.74, 6) is 1.62. The number of rotatable bonds is 5. The second-order valence-corrected chi connectivity index (χ2v) is 7.08. The van der Waals surface area contributed by atoms with Crippen LogP contribution in [0.2, 0.25) is 0 Å². The normalized spacial score (nSPS) is 21.3. The lowest BCUT2D eigenvalue weighted by atomic mass is 9.94. The fourth-order valence-electron chi connectivity index (χ4n) is 3.31. The van der Waals surface area contributed by atoms with Crippen molar-refractivity contribution >= 4 is 35.8 Å². The summed E-state index contributed by atoms with van der Waals surface area (Å²) in [5.41, 5.74) is 0. The Kier molecular flexibility index (Phi) is 9.69. The molecule has 0 heterocycles. The maximum absolute atomic E-state index is 11.9. The van der Waals surface area contributed by atoms with Gasteiger partial charge in [-0.15, -0.1) is 24.0 Å². The van der Waals surface area contributed by atoms with Crippen LogP contribution in [0.15, 0.2) is 17.1 Å². The average Bonchev–Trinajstić information content (AvgIpc) is 3.04. The Hall–Kier alpha value is -0.790. The molecule has 0 aliphatic heterocycles. The van der Waals surface area contributed by atoms with Crippen molar-refractivity contribution in [3.8, 4) is 0 Å². The molecule has 1 unspecified atom stereocenters. The molecule has 2 aliphatic carbocycles. The summed E-state index contributed by atoms with van der Waals surface area (Å²) in [6.07, 6.45) is 13.1. The third kappa shape index (κ3) is 6.99. The van der Waals surface area contributed by atoms with Crippen molar-refractivity contribution < 1.29 is 4.79 Å². The van der Waals surface area contributed by atoms with Crippen LogP contribution in [-0.4, -0.2) is 61.9 Å². The molecule has 6 heteroatoms. The molecule has 1 amide bonds. The molecule has 24 heavy (non-hydrogen) atoms. The molecule has 2 rings (SSSR count). The number of carbonyl (C=O) groups is 1. The van der Waals surface area contributed by atoms with Gasteiger partial charge in [0.2, 0.25) is 5.91 Å². The van der Waals surface area contributed by atoms with Crippen molar-refractivity contribution in [2.45, 2.75) is 51.0 Å². The second kappa shape index (κ2) is 10.9. The molecule has 0 aromatic carbocycles. The monoisotopic (exact) mass is 448 g/mol. The van der Waals surface area contributed by atoms with E-state index in [-0.39, 0.29) is 36.4 Å². The van der Waals surface area contributed by atoms with Crippen LogP contribution >= 0.6 is 24.0 Å². The van der Waals surface area contributed by atoms with Crippen LogP contribution in [0.1, 0.15) is 44.9 Å². The van der Waals surface area contributed by atoms with Crippen LogP contribution in [0, 0.1) is 5.92 Å². The number of amides is 1. The molecule has 0 spiro atoms. The Labute approximate surface area is 164 Å². The van der Waals surface area contributed by atoms with Gasteiger partial charge in [0.15, 0.2) is 5.96 Å². The lowest BCUT2D eigenvalue weighted by Crippen LogP contribution is -2.45. The number of guanidine groups is 1. The van der Waals surface area contributed by atoms with Gasteiger partial charge in [-0.25, -0.2) is 4.99 Å². The second-order valence-electron chi connectivity index (χ2n) is 7.08. The van der Waals surface area contributed by atoms with E-state index in [2.05, 4.69) is 34.4 Å². The molecule has 1 N–H and O–H groups in total. The lowest BCUT2D eigenvalue weighted by Gasteiger charge is -2.29. The predicted molar refractivity (Wildman–Crippen MR) is 111 cm³/mol. The van der Waals surface area contributed by atoms with Gasteiger partial charge in [0, 0.05) is 33.7 Å². The van der Waals surface area contributed by atoms with Gasteiger partial charge in [-0.2, -0.15) is 0 Å². The highest BCUT2D eigenvalue weighted by Crippen LogP contribution is 2.20. The summed E-state index contributed by atoms with van der Waals surface area (Å²) >= 11 is 0. The van der Waals surface area contributed by atoms with Gasteiger partial charge in [0.25, 0.3) is 0 Å². The van der Waals surface area contributed by atoms with Crippen molar-refractivity contribution in [3.63, 3.8) is 0 Å². The SMILES string of the molecule is CN(C)C(=O)CN=C(NC1CCCC1)N(C)CC1CC=CCC1.I.